The van der Waals surface area contributed by atoms with Crippen molar-refractivity contribution < 1.29 is 55.3 Å². The number of aliphatic hydroxyl groups excluding tert-OH is 2. The summed E-state index contributed by atoms with van der Waals surface area (Å²) in [5.74, 6) is -2.85. The maximum absolute atomic E-state index is 14.1. The van der Waals surface area contributed by atoms with Crippen LogP contribution in [-0.4, -0.2) is 163 Å². The van der Waals surface area contributed by atoms with Gasteiger partial charge in [0.2, 0.25) is 34.0 Å². The Labute approximate surface area is 575 Å². The molecule has 0 bridgehead atoms. The molecule has 1 atom stereocenters. The van der Waals surface area contributed by atoms with Gasteiger partial charge in [-0.3, -0.25) is 28.3 Å². The zero-order valence-corrected chi connectivity index (χ0v) is 58.2. The Morgan fingerprint density at radius 3 is 1.46 bits per heavy atom. The van der Waals surface area contributed by atoms with Crippen LogP contribution in [0.5, 0.6) is 0 Å². The number of nitrogens with zero attached hydrogens (tertiary/aromatic N) is 14. The maximum atomic E-state index is 14.1. The molecule has 0 radical (unpaired) electrons. The maximum Gasteiger partial charge on any atom is 0.294 e. The molecule has 34 heteroatoms. The van der Waals surface area contributed by atoms with E-state index >= 15 is 0 Å². The van der Waals surface area contributed by atoms with Crippen LogP contribution in [0.1, 0.15) is 95.7 Å². The zero-order valence-electron chi connectivity index (χ0n) is 54.9. The predicted molar refractivity (Wildman–Crippen MR) is 379 cm³/mol. The normalized spacial score (nSPS) is 14.2. The average molecular weight is 1420 g/mol. The Balaban J connectivity index is 1.09. The number of amides is 2. The fourth-order valence-corrected chi connectivity index (χ4v) is 13.9. The van der Waals surface area contributed by atoms with E-state index in [1.807, 2.05) is 56.9 Å². The van der Waals surface area contributed by atoms with Crippen molar-refractivity contribution in [3.8, 4) is 0 Å². The van der Waals surface area contributed by atoms with Crippen LogP contribution in [0.2, 0.25) is 0 Å². The first-order valence-electron chi connectivity index (χ1n) is 31.9. The second kappa shape index (κ2) is 33.3. The number of carbonyl (C=O) groups excluding carboxylic acids is 4. The lowest BCUT2D eigenvalue weighted by atomic mass is 10.0. The van der Waals surface area contributed by atoms with Crippen LogP contribution in [0.15, 0.2) is 121 Å². The number of anilines is 11. The van der Waals surface area contributed by atoms with Crippen LogP contribution in [0, 0.1) is 0 Å². The molecule has 2 aliphatic rings. The van der Waals surface area contributed by atoms with Gasteiger partial charge < -0.3 is 56.0 Å². The number of nitrogens with one attached hydrogen (secondary N) is 4. The van der Waals surface area contributed by atoms with E-state index in [9.17, 15) is 55.3 Å². The summed E-state index contributed by atoms with van der Waals surface area (Å²) in [5, 5.41) is 51.7. The molecule has 5 heterocycles. The van der Waals surface area contributed by atoms with Crippen LogP contribution in [-0.2, 0) is 39.4 Å². The van der Waals surface area contributed by atoms with Gasteiger partial charge in [0.15, 0.2) is 5.78 Å². The third-order valence-electron chi connectivity index (χ3n) is 16.1. The average Bonchev–Trinajstić information content (AvgIpc) is 1.57. The fourth-order valence-electron chi connectivity index (χ4n) is 11.0. The summed E-state index contributed by atoms with van der Waals surface area (Å²) < 4.78 is 65.8. The van der Waals surface area contributed by atoms with Gasteiger partial charge in [0.05, 0.1) is 49.7 Å². The molecule has 2 aliphatic heterocycles. The van der Waals surface area contributed by atoms with Crippen LogP contribution in [0.4, 0.5) is 85.2 Å². The molecule has 0 aliphatic carbocycles. The van der Waals surface area contributed by atoms with Crippen LogP contribution in [0.3, 0.4) is 0 Å². The minimum atomic E-state index is -4.51. The van der Waals surface area contributed by atoms with Gasteiger partial charge in [-0.15, -0.1) is 20.5 Å². The minimum absolute atomic E-state index is 0.00346. The van der Waals surface area contributed by atoms with E-state index in [4.69, 9.17) is 35.1 Å². The topological polar surface area (TPSA) is 396 Å². The van der Waals surface area contributed by atoms with Gasteiger partial charge >= 0.3 is 0 Å². The SMILES string of the molecule is CCN(CC)c1ccc(/N=N/c2nc(N3CCCCC3)c(/C=C(\C(C)=O)C(=O)Nc3ccc(S(=O)(=O)O)cc3)s2)c(Nc2nc(Nc3cc(N(CC)CC)ccc3/N=N/c3nc(N4CCCCC4)c(C(C(C)=O)C(=O)Nc4ccc(S(=O)(=O)O)cc4)s3)nc(N(CCO)CCO)n2)c1. The molecule has 7 aromatic rings. The lowest BCUT2D eigenvalue weighted by molar-refractivity contribution is -0.126. The van der Waals surface area contributed by atoms with E-state index in [0.717, 1.165) is 96.8 Å². The second-order valence-corrected chi connectivity index (χ2v) is 27.5. The molecule has 98 heavy (non-hydrogen) atoms. The molecular formula is C64H78N18O12S4. The van der Waals surface area contributed by atoms with E-state index in [-0.39, 0.29) is 81.2 Å². The third kappa shape index (κ3) is 18.7. The van der Waals surface area contributed by atoms with Crippen molar-refractivity contribution in [1.82, 2.24) is 24.9 Å². The van der Waals surface area contributed by atoms with Gasteiger partial charge in [-0.05, 0) is 171 Å². The standard InChI is InChI=1S/C64H78N18O12S4/c1-7-78(8-2)44-21-27-49(74-76-63-69-56(80-29-13-11-14-30-80)53(95-63)39-48(40(5)85)58(87)65-42-17-23-46(24-18-42)97(89,90)91)51(37-44)67-60-71-61(73-62(72-60)82(33-35-83)34-36-84)68-52-38-45(79(9-3)10-4)22-28-50(52)75-77-64-70-57(81-31-15-12-16-32-81)55(96-64)54(41(6)86)59(88)66-43-19-25-47(26-20-43)98(92,93)94/h17-28,37-39,54,83-84H,7-16,29-36H2,1-6H3,(H,65,87)(H,66,88)(H,89,90,91)(H,92,93,94)(H2,67,68,71,72,73)/b48-39+,76-74+,77-75+. The molecule has 3 aromatic heterocycles. The van der Waals surface area contributed by atoms with Crippen molar-refractivity contribution in [2.45, 2.75) is 95.8 Å². The number of rotatable bonds is 31. The van der Waals surface area contributed by atoms with Crippen LogP contribution in [0.25, 0.3) is 6.08 Å². The Morgan fingerprint density at radius 2 is 1.02 bits per heavy atom. The van der Waals surface area contributed by atoms with Crippen molar-refractivity contribution in [3.05, 3.63) is 100 Å². The number of Topliss-reactive ketones (excluding diaryl/α,β-unsaturated/α-hetero) is 2. The van der Waals surface area contributed by atoms with Crippen molar-refractivity contribution in [2.75, 3.05) is 124 Å². The quantitative estimate of drug-likeness (QED) is 0.00658. The highest BCUT2D eigenvalue weighted by Gasteiger charge is 2.34. The number of ketones is 2. The molecule has 520 valence electrons. The fraction of sp³-hybridized carbons (Fsp3) is 0.391. The molecule has 0 spiro atoms. The van der Waals surface area contributed by atoms with Gasteiger partial charge in [-0.25, -0.2) is 0 Å². The van der Waals surface area contributed by atoms with Gasteiger partial charge in [-0.2, -0.15) is 41.8 Å². The Kier molecular flexibility index (Phi) is 24.8. The molecule has 2 fully saturated rings. The first kappa shape index (κ1) is 73.0. The van der Waals surface area contributed by atoms with E-state index in [1.165, 1.54) is 44.2 Å². The molecular weight excluding hydrogens is 1340 g/mol. The van der Waals surface area contributed by atoms with E-state index in [0.29, 0.717) is 96.5 Å². The lowest BCUT2D eigenvalue weighted by Gasteiger charge is -2.28. The van der Waals surface area contributed by atoms with Crippen LogP contribution < -0.4 is 45.8 Å². The number of carbonyl (C=O) groups is 4. The van der Waals surface area contributed by atoms with Crippen molar-refractivity contribution >= 4 is 158 Å². The van der Waals surface area contributed by atoms with Crippen molar-refractivity contribution in [2.24, 2.45) is 20.5 Å². The Hall–Kier alpha value is -9.29. The summed E-state index contributed by atoms with van der Waals surface area (Å²) in [6.45, 7) is 15.2. The first-order valence-corrected chi connectivity index (χ1v) is 36.4. The highest BCUT2D eigenvalue weighted by Crippen LogP contribution is 2.43. The van der Waals surface area contributed by atoms with Gasteiger partial charge in [-0.1, -0.05) is 22.7 Å². The number of thiazole rings is 2. The summed E-state index contributed by atoms with van der Waals surface area (Å²) in [4.78, 5) is 89.0. The van der Waals surface area contributed by atoms with Gasteiger partial charge in [0.25, 0.3) is 26.1 Å². The molecule has 1 unspecified atom stereocenters. The number of hydrogen-bond acceptors (Lipinski definition) is 28. The largest absolute Gasteiger partial charge is 0.395 e. The summed E-state index contributed by atoms with van der Waals surface area (Å²) in [6, 6.07) is 20.7. The highest BCUT2D eigenvalue weighted by molar-refractivity contribution is 7.86. The summed E-state index contributed by atoms with van der Waals surface area (Å²) in [5.41, 5.74) is 3.19. The van der Waals surface area contributed by atoms with Crippen molar-refractivity contribution in [1.29, 1.82) is 0 Å². The highest BCUT2D eigenvalue weighted by atomic mass is 32.2. The van der Waals surface area contributed by atoms with Gasteiger partial charge in [0.1, 0.15) is 34.7 Å². The number of aromatic nitrogens is 5. The van der Waals surface area contributed by atoms with Gasteiger partial charge in [0, 0.05) is 88.2 Å². The Bertz CT molecular complexity index is 4320. The minimum Gasteiger partial charge on any atom is -0.395 e. The summed E-state index contributed by atoms with van der Waals surface area (Å²) in [7, 11) is -9.00. The Morgan fingerprint density at radius 1 is 0.571 bits per heavy atom. The smallest absolute Gasteiger partial charge is 0.294 e. The number of azo groups is 2. The third-order valence-corrected chi connectivity index (χ3v) is 19.7. The van der Waals surface area contributed by atoms with E-state index in [1.54, 1.807) is 17.0 Å². The summed E-state index contributed by atoms with van der Waals surface area (Å²) in [6.07, 6.45) is 6.89. The number of hydrogen-bond donors (Lipinski definition) is 8. The van der Waals surface area contributed by atoms with E-state index in [2.05, 4.69) is 46.2 Å². The molecule has 30 nitrogen and oxygen atoms in total. The number of piperidine rings is 2. The second-order valence-electron chi connectivity index (χ2n) is 22.7. The number of benzene rings is 4. The molecule has 2 amide bonds. The molecule has 2 saturated heterocycles. The zero-order chi connectivity index (χ0) is 70.3. The van der Waals surface area contributed by atoms with Crippen molar-refractivity contribution in [3.63, 3.8) is 0 Å². The van der Waals surface area contributed by atoms with Crippen LogP contribution >= 0.6 is 22.7 Å². The molecule has 8 N–H and O–H groups in total. The number of aliphatic hydroxyl groups is 2. The lowest BCUT2D eigenvalue weighted by Crippen LogP contribution is -2.32. The monoisotopic (exact) mass is 1420 g/mol. The molecule has 4 aromatic carbocycles. The molecule has 0 saturated carbocycles. The summed E-state index contributed by atoms with van der Waals surface area (Å²) >= 11 is 2.14. The predicted octanol–water partition coefficient (Wildman–Crippen LogP) is 11.0. The van der Waals surface area contributed by atoms with E-state index < -0.39 is 49.5 Å². The molecule has 9 rings (SSSR count). The first-order chi connectivity index (χ1) is 47.0.